The molecular weight excluding hydrogens is 196 g/mol. The van der Waals surface area contributed by atoms with Crippen LogP contribution in [-0.4, -0.2) is 4.98 Å². The predicted molar refractivity (Wildman–Crippen MR) is 54.3 cm³/mol. The van der Waals surface area contributed by atoms with Crippen molar-refractivity contribution in [3.63, 3.8) is 0 Å². The van der Waals surface area contributed by atoms with E-state index < -0.39 is 11.6 Å². The summed E-state index contributed by atoms with van der Waals surface area (Å²) in [4.78, 5) is 4.17. The molecule has 15 heavy (non-hydrogen) atoms. The first kappa shape index (κ1) is 9.77. The number of pyridine rings is 1. The standard InChI is InChI=1S/C12H9F2N/c1-8-3-2-4-12(15-8)10-6-5-9(13)7-11(10)14/h2-7H,1H3. The van der Waals surface area contributed by atoms with E-state index in [-0.39, 0.29) is 0 Å². The van der Waals surface area contributed by atoms with Crippen molar-refractivity contribution in [3.05, 3.63) is 53.7 Å². The normalized spacial score (nSPS) is 10.3. The van der Waals surface area contributed by atoms with Crippen LogP contribution in [0.1, 0.15) is 5.69 Å². The molecule has 76 valence electrons. The molecule has 0 aliphatic carbocycles. The van der Waals surface area contributed by atoms with Crippen LogP contribution in [0.15, 0.2) is 36.4 Å². The molecule has 0 fully saturated rings. The van der Waals surface area contributed by atoms with Crippen LogP contribution in [0.25, 0.3) is 11.3 Å². The van der Waals surface area contributed by atoms with Crippen molar-refractivity contribution in [2.45, 2.75) is 6.92 Å². The van der Waals surface area contributed by atoms with E-state index >= 15 is 0 Å². The lowest BCUT2D eigenvalue weighted by Gasteiger charge is -2.03. The van der Waals surface area contributed by atoms with Crippen LogP contribution < -0.4 is 0 Å². The molecule has 0 saturated heterocycles. The first-order valence-corrected chi connectivity index (χ1v) is 4.56. The third-order valence-electron chi connectivity index (χ3n) is 2.10. The van der Waals surface area contributed by atoms with Gasteiger partial charge in [0.2, 0.25) is 0 Å². The maximum atomic E-state index is 13.4. The fourth-order valence-corrected chi connectivity index (χ4v) is 1.39. The predicted octanol–water partition coefficient (Wildman–Crippen LogP) is 3.34. The lowest BCUT2D eigenvalue weighted by Crippen LogP contribution is -1.90. The van der Waals surface area contributed by atoms with E-state index in [1.807, 2.05) is 13.0 Å². The van der Waals surface area contributed by atoms with E-state index in [2.05, 4.69) is 4.98 Å². The van der Waals surface area contributed by atoms with E-state index in [1.165, 1.54) is 12.1 Å². The van der Waals surface area contributed by atoms with Gasteiger partial charge in [0.25, 0.3) is 0 Å². The molecule has 0 saturated carbocycles. The fraction of sp³-hybridized carbons (Fsp3) is 0.0833. The van der Waals surface area contributed by atoms with Crippen LogP contribution >= 0.6 is 0 Å². The summed E-state index contributed by atoms with van der Waals surface area (Å²) in [6.07, 6.45) is 0. The van der Waals surface area contributed by atoms with Crippen molar-refractivity contribution in [1.82, 2.24) is 4.98 Å². The molecule has 0 unspecified atom stereocenters. The minimum Gasteiger partial charge on any atom is -0.253 e. The molecule has 1 aromatic carbocycles. The molecule has 0 bridgehead atoms. The molecule has 0 atom stereocenters. The van der Waals surface area contributed by atoms with Crippen LogP contribution in [0.3, 0.4) is 0 Å². The van der Waals surface area contributed by atoms with Gasteiger partial charge in [0.15, 0.2) is 0 Å². The zero-order valence-electron chi connectivity index (χ0n) is 8.17. The number of nitrogens with zero attached hydrogens (tertiary/aromatic N) is 1. The number of benzene rings is 1. The maximum absolute atomic E-state index is 13.4. The molecule has 3 heteroatoms. The number of hydrogen-bond donors (Lipinski definition) is 0. The number of hydrogen-bond acceptors (Lipinski definition) is 1. The Labute approximate surface area is 86.4 Å². The molecule has 2 aromatic rings. The third kappa shape index (κ3) is 2.01. The average Bonchev–Trinajstić information content (AvgIpc) is 2.17. The first-order valence-electron chi connectivity index (χ1n) is 4.56. The number of aromatic nitrogens is 1. The van der Waals surface area contributed by atoms with Gasteiger partial charge in [0, 0.05) is 17.3 Å². The lowest BCUT2D eigenvalue weighted by atomic mass is 10.1. The number of aryl methyl sites for hydroxylation is 1. The Morgan fingerprint density at radius 3 is 2.53 bits per heavy atom. The highest BCUT2D eigenvalue weighted by Crippen LogP contribution is 2.21. The lowest BCUT2D eigenvalue weighted by molar-refractivity contribution is 0.585. The molecule has 1 nitrogen and oxygen atoms in total. The van der Waals surface area contributed by atoms with Crippen LogP contribution in [0.5, 0.6) is 0 Å². The summed E-state index contributed by atoms with van der Waals surface area (Å²) < 4.78 is 26.1. The largest absolute Gasteiger partial charge is 0.253 e. The smallest absolute Gasteiger partial charge is 0.135 e. The van der Waals surface area contributed by atoms with Crippen LogP contribution in [0.4, 0.5) is 8.78 Å². The van der Waals surface area contributed by atoms with E-state index in [9.17, 15) is 8.78 Å². The number of rotatable bonds is 1. The molecular formula is C12H9F2N. The molecule has 2 rings (SSSR count). The van der Waals surface area contributed by atoms with E-state index in [0.29, 0.717) is 11.3 Å². The molecule has 0 N–H and O–H groups in total. The van der Waals surface area contributed by atoms with Crippen LogP contribution in [0.2, 0.25) is 0 Å². The topological polar surface area (TPSA) is 12.9 Å². The van der Waals surface area contributed by atoms with Gasteiger partial charge < -0.3 is 0 Å². The average molecular weight is 205 g/mol. The fourth-order valence-electron chi connectivity index (χ4n) is 1.39. The molecule has 0 radical (unpaired) electrons. The summed E-state index contributed by atoms with van der Waals surface area (Å²) >= 11 is 0. The van der Waals surface area contributed by atoms with Crippen molar-refractivity contribution in [3.8, 4) is 11.3 Å². The molecule has 0 amide bonds. The molecule has 1 aromatic heterocycles. The van der Waals surface area contributed by atoms with Crippen LogP contribution in [-0.2, 0) is 0 Å². The van der Waals surface area contributed by atoms with Gasteiger partial charge in [-0.1, -0.05) is 6.07 Å². The zero-order valence-corrected chi connectivity index (χ0v) is 8.17. The van der Waals surface area contributed by atoms with Gasteiger partial charge in [0.1, 0.15) is 11.6 Å². The summed E-state index contributed by atoms with van der Waals surface area (Å²) in [5, 5.41) is 0. The molecule has 0 aliphatic heterocycles. The SMILES string of the molecule is Cc1cccc(-c2ccc(F)cc2F)n1. The highest BCUT2D eigenvalue weighted by Gasteiger charge is 2.07. The molecule has 0 spiro atoms. The maximum Gasteiger partial charge on any atom is 0.135 e. The van der Waals surface area contributed by atoms with Crippen molar-refractivity contribution in [2.75, 3.05) is 0 Å². The van der Waals surface area contributed by atoms with Gasteiger partial charge in [-0.05, 0) is 31.2 Å². The summed E-state index contributed by atoms with van der Waals surface area (Å²) in [6, 6.07) is 8.79. The highest BCUT2D eigenvalue weighted by molar-refractivity contribution is 5.59. The molecule has 0 aliphatic rings. The highest BCUT2D eigenvalue weighted by atomic mass is 19.1. The van der Waals surface area contributed by atoms with Gasteiger partial charge >= 0.3 is 0 Å². The third-order valence-corrected chi connectivity index (χ3v) is 2.10. The Bertz CT molecular complexity index is 495. The number of halogens is 2. The Hall–Kier alpha value is -1.77. The van der Waals surface area contributed by atoms with Crippen molar-refractivity contribution >= 4 is 0 Å². The summed E-state index contributed by atoms with van der Waals surface area (Å²) in [5.74, 6) is -1.17. The van der Waals surface area contributed by atoms with Gasteiger partial charge in [-0.3, -0.25) is 4.98 Å². The summed E-state index contributed by atoms with van der Waals surface area (Å²) in [6.45, 7) is 1.82. The Balaban J connectivity index is 2.54. The van der Waals surface area contributed by atoms with Crippen LogP contribution in [0, 0.1) is 18.6 Å². The minimum absolute atomic E-state index is 0.320. The van der Waals surface area contributed by atoms with Gasteiger partial charge in [0.05, 0.1) is 5.69 Å². The van der Waals surface area contributed by atoms with Gasteiger partial charge in [-0.15, -0.1) is 0 Å². The van der Waals surface area contributed by atoms with Crippen molar-refractivity contribution < 1.29 is 8.78 Å². The second-order valence-electron chi connectivity index (χ2n) is 3.29. The quantitative estimate of drug-likeness (QED) is 0.695. The Morgan fingerprint density at radius 2 is 1.87 bits per heavy atom. The second-order valence-corrected chi connectivity index (χ2v) is 3.29. The summed E-state index contributed by atoms with van der Waals surface area (Å²) in [7, 11) is 0. The minimum atomic E-state index is -0.590. The van der Waals surface area contributed by atoms with E-state index in [0.717, 1.165) is 11.8 Å². The first-order chi connectivity index (χ1) is 7.16. The van der Waals surface area contributed by atoms with E-state index in [4.69, 9.17) is 0 Å². The van der Waals surface area contributed by atoms with Crippen molar-refractivity contribution in [2.24, 2.45) is 0 Å². The summed E-state index contributed by atoms with van der Waals surface area (Å²) in [5.41, 5.74) is 1.64. The van der Waals surface area contributed by atoms with E-state index in [1.54, 1.807) is 12.1 Å². The van der Waals surface area contributed by atoms with Crippen molar-refractivity contribution in [1.29, 1.82) is 0 Å². The Morgan fingerprint density at radius 1 is 1.07 bits per heavy atom. The monoisotopic (exact) mass is 205 g/mol. The van der Waals surface area contributed by atoms with Gasteiger partial charge in [-0.2, -0.15) is 0 Å². The van der Waals surface area contributed by atoms with Gasteiger partial charge in [-0.25, -0.2) is 8.78 Å². The Kier molecular flexibility index (Phi) is 2.46. The zero-order chi connectivity index (χ0) is 10.8. The molecule has 1 heterocycles. The second kappa shape index (κ2) is 3.77.